The highest BCUT2D eigenvalue weighted by atomic mass is 16.6. The SMILES string of the molecule is CC(C)OC(=O)N1C(CO)C=CC1CO. The molecule has 5 nitrogen and oxygen atoms in total. The maximum absolute atomic E-state index is 11.6. The maximum atomic E-state index is 11.6. The first-order valence-corrected chi connectivity index (χ1v) is 4.99. The van der Waals surface area contributed by atoms with Crippen molar-refractivity contribution < 1.29 is 19.7 Å². The van der Waals surface area contributed by atoms with Crippen molar-refractivity contribution in [1.29, 1.82) is 0 Å². The molecule has 1 heterocycles. The molecule has 1 amide bonds. The topological polar surface area (TPSA) is 70.0 Å². The molecule has 0 aliphatic carbocycles. The van der Waals surface area contributed by atoms with Crippen LogP contribution in [0.5, 0.6) is 0 Å². The van der Waals surface area contributed by atoms with E-state index in [9.17, 15) is 4.79 Å². The fourth-order valence-electron chi connectivity index (χ4n) is 1.52. The number of ether oxygens (including phenoxy) is 1. The van der Waals surface area contributed by atoms with Gasteiger partial charge in [-0.2, -0.15) is 0 Å². The van der Waals surface area contributed by atoms with Crippen molar-refractivity contribution in [2.24, 2.45) is 0 Å². The highest BCUT2D eigenvalue weighted by Gasteiger charge is 2.33. The van der Waals surface area contributed by atoms with E-state index in [1.54, 1.807) is 26.0 Å². The van der Waals surface area contributed by atoms with E-state index in [4.69, 9.17) is 14.9 Å². The van der Waals surface area contributed by atoms with Gasteiger partial charge in [0.2, 0.25) is 0 Å². The lowest BCUT2D eigenvalue weighted by molar-refractivity contribution is 0.0453. The number of nitrogens with zero attached hydrogens (tertiary/aromatic N) is 1. The second kappa shape index (κ2) is 5.14. The molecule has 0 aromatic rings. The van der Waals surface area contributed by atoms with Gasteiger partial charge in [0.25, 0.3) is 0 Å². The molecule has 2 unspecified atom stereocenters. The molecule has 0 saturated heterocycles. The van der Waals surface area contributed by atoms with Crippen LogP contribution in [-0.4, -0.2) is 52.6 Å². The lowest BCUT2D eigenvalue weighted by Crippen LogP contribution is -2.46. The number of hydrogen-bond donors (Lipinski definition) is 2. The van der Waals surface area contributed by atoms with Gasteiger partial charge in [0, 0.05) is 0 Å². The number of aliphatic hydroxyl groups is 2. The van der Waals surface area contributed by atoms with Gasteiger partial charge in [-0.05, 0) is 13.8 Å². The van der Waals surface area contributed by atoms with Crippen LogP contribution in [0.15, 0.2) is 12.2 Å². The molecule has 15 heavy (non-hydrogen) atoms. The summed E-state index contributed by atoms with van der Waals surface area (Å²) in [5, 5.41) is 18.1. The summed E-state index contributed by atoms with van der Waals surface area (Å²) in [6.45, 7) is 3.17. The fourth-order valence-corrected chi connectivity index (χ4v) is 1.52. The number of amides is 1. The van der Waals surface area contributed by atoms with E-state index in [0.29, 0.717) is 0 Å². The lowest BCUT2D eigenvalue weighted by Gasteiger charge is -2.28. The smallest absolute Gasteiger partial charge is 0.411 e. The zero-order valence-electron chi connectivity index (χ0n) is 8.96. The number of carbonyl (C=O) groups is 1. The van der Waals surface area contributed by atoms with Gasteiger partial charge >= 0.3 is 6.09 Å². The standard InChI is InChI=1S/C10H17NO4/c1-7(2)15-10(14)11-8(5-12)3-4-9(11)6-13/h3-4,7-9,12-13H,5-6H2,1-2H3. The maximum Gasteiger partial charge on any atom is 0.411 e. The minimum absolute atomic E-state index is 0.166. The minimum atomic E-state index is -0.506. The highest BCUT2D eigenvalue weighted by Crippen LogP contribution is 2.18. The zero-order chi connectivity index (χ0) is 11.4. The van der Waals surface area contributed by atoms with Crippen LogP contribution in [0.2, 0.25) is 0 Å². The molecule has 0 fully saturated rings. The summed E-state index contributed by atoms with van der Waals surface area (Å²) in [7, 11) is 0. The van der Waals surface area contributed by atoms with Crippen LogP contribution in [0.3, 0.4) is 0 Å². The Bertz CT molecular complexity index is 238. The van der Waals surface area contributed by atoms with E-state index in [1.807, 2.05) is 0 Å². The monoisotopic (exact) mass is 215 g/mol. The average Bonchev–Trinajstić information content (AvgIpc) is 2.58. The van der Waals surface area contributed by atoms with Gasteiger partial charge in [-0.3, -0.25) is 4.90 Å². The van der Waals surface area contributed by atoms with Crippen molar-refractivity contribution in [2.45, 2.75) is 32.0 Å². The summed E-state index contributed by atoms with van der Waals surface area (Å²) in [5.41, 5.74) is 0. The Kier molecular flexibility index (Phi) is 4.11. The quantitative estimate of drug-likeness (QED) is 0.656. The summed E-state index contributed by atoms with van der Waals surface area (Å²) in [6.07, 6.45) is 2.68. The Morgan fingerprint density at radius 3 is 2.13 bits per heavy atom. The van der Waals surface area contributed by atoms with Crippen LogP contribution < -0.4 is 0 Å². The first-order chi connectivity index (χ1) is 7.10. The van der Waals surface area contributed by atoms with Gasteiger partial charge in [-0.25, -0.2) is 4.79 Å². The first-order valence-electron chi connectivity index (χ1n) is 4.99. The molecule has 1 aliphatic rings. The summed E-state index contributed by atoms with van der Waals surface area (Å²) >= 11 is 0. The Labute approximate surface area is 89.0 Å². The second-order valence-corrected chi connectivity index (χ2v) is 3.72. The van der Waals surface area contributed by atoms with E-state index < -0.39 is 18.2 Å². The second-order valence-electron chi connectivity index (χ2n) is 3.72. The largest absolute Gasteiger partial charge is 0.447 e. The van der Waals surface area contributed by atoms with Crippen LogP contribution in [0.1, 0.15) is 13.8 Å². The third kappa shape index (κ3) is 2.70. The van der Waals surface area contributed by atoms with Crippen LogP contribution in [-0.2, 0) is 4.74 Å². The molecule has 2 atom stereocenters. The zero-order valence-corrected chi connectivity index (χ0v) is 8.96. The van der Waals surface area contributed by atoms with E-state index in [1.165, 1.54) is 4.90 Å². The number of carbonyl (C=O) groups excluding carboxylic acids is 1. The van der Waals surface area contributed by atoms with Crippen molar-refractivity contribution in [2.75, 3.05) is 13.2 Å². The predicted octanol–water partition coefficient (Wildman–Crippen LogP) is 0.125. The molecule has 0 saturated carbocycles. The van der Waals surface area contributed by atoms with Crippen LogP contribution in [0.25, 0.3) is 0 Å². The summed E-state index contributed by atoms with van der Waals surface area (Å²) in [5.74, 6) is 0. The van der Waals surface area contributed by atoms with Gasteiger partial charge in [-0.1, -0.05) is 12.2 Å². The fraction of sp³-hybridized carbons (Fsp3) is 0.700. The van der Waals surface area contributed by atoms with E-state index in [2.05, 4.69) is 0 Å². The van der Waals surface area contributed by atoms with Gasteiger partial charge in [0.1, 0.15) is 0 Å². The van der Waals surface area contributed by atoms with Crippen LogP contribution in [0.4, 0.5) is 4.79 Å². The third-order valence-electron chi connectivity index (χ3n) is 2.19. The lowest BCUT2D eigenvalue weighted by atomic mass is 10.3. The van der Waals surface area contributed by atoms with Crippen molar-refractivity contribution in [3.63, 3.8) is 0 Å². The molecule has 0 spiro atoms. The molecule has 1 rings (SSSR count). The van der Waals surface area contributed by atoms with Gasteiger partial charge in [0.15, 0.2) is 0 Å². The number of rotatable bonds is 3. The van der Waals surface area contributed by atoms with E-state index >= 15 is 0 Å². The predicted molar refractivity (Wildman–Crippen MR) is 54.3 cm³/mol. The molecule has 5 heteroatoms. The molecule has 0 aromatic carbocycles. The first kappa shape index (κ1) is 12.0. The van der Waals surface area contributed by atoms with Crippen LogP contribution >= 0.6 is 0 Å². The molecule has 0 bridgehead atoms. The highest BCUT2D eigenvalue weighted by molar-refractivity contribution is 5.70. The molecule has 0 radical (unpaired) electrons. The summed E-state index contributed by atoms with van der Waals surface area (Å²) < 4.78 is 5.02. The summed E-state index contributed by atoms with van der Waals surface area (Å²) in [4.78, 5) is 13.0. The Morgan fingerprint density at radius 1 is 1.33 bits per heavy atom. The molecular weight excluding hydrogens is 198 g/mol. The van der Waals surface area contributed by atoms with Crippen molar-refractivity contribution in [1.82, 2.24) is 4.90 Å². The Balaban J connectivity index is 2.67. The van der Waals surface area contributed by atoms with Crippen LogP contribution in [0, 0.1) is 0 Å². The third-order valence-corrected chi connectivity index (χ3v) is 2.19. The Morgan fingerprint density at radius 2 is 1.80 bits per heavy atom. The van der Waals surface area contributed by atoms with Gasteiger partial charge in [-0.15, -0.1) is 0 Å². The molecule has 2 N–H and O–H groups in total. The Hall–Kier alpha value is -1.07. The summed E-state index contributed by atoms with van der Waals surface area (Å²) in [6, 6.07) is -0.790. The van der Waals surface area contributed by atoms with E-state index in [0.717, 1.165) is 0 Å². The van der Waals surface area contributed by atoms with Gasteiger partial charge < -0.3 is 14.9 Å². The molecule has 1 aliphatic heterocycles. The number of hydrogen-bond acceptors (Lipinski definition) is 4. The van der Waals surface area contributed by atoms with Crippen molar-refractivity contribution in [3.8, 4) is 0 Å². The normalized spacial score (nSPS) is 25.0. The molecular formula is C10H17NO4. The minimum Gasteiger partial charge on any atom is -0.447 e. The molecule has 0 aromatic heterocycles. The van der Waals surface area contributed by atoms with Crippen molar-refractivity contribution >= 4 is 6.09 Å². The number of aliphatic hydroxyl groups excluding tert-OH is 2. The van der Waals surface area contributed by atoms with Gasteiger partial charge in [0.05, 0.1) is 31.4 Å². The molecule has 86 valence electrons. The average molecular weight is 215 g/mol. The van der Waals surface area contributed by atoms with Crippen molar-refractivity contribution in [3.05, 3.63) is 12.2 Å². The van der Waals surface area contributed by atoms with E-state index in [-0.39, 0.29) is 19.3 Å².